The predicted molar refractivity (Wildman–Crippen MR) is 175 cm³/mol. The zero-order chi connectivity index (χ0) is 33.6. The van der Waals surface area contributed by atoms with Crippen LogP contribution in [0, 0.1) is 0 Å². The summed E-state index contributed by atoms with van der Waals surface area (Å²) in [6.07, 6.45) is 1.32. The molecule has 5 rings (SSSR count). The highest BCUT2D eigenvalue weighted by atomic mass is 32.1. The molecule has 0 bridgehead atoms. The normalized spacial score (nSPS) is 13.6. The van der Waals surface area contributed by atoms with E-state index in [1.807, 2.05) is 12.1 Å². The van der Waals surface area contributed by atoms with Crippen molar-refractivity contribution in [2.45, 2.75) is 38.5 Å². The number of esters is 1. The van der Waals surface area contributed by atoms with Gasteiger partial charge >= 0.3 is 5.97 Å². The molecule has 9 nitrogen and oxygen atoms in total. The number of nitrogens with zero attached hydrogens (tertiary/aromatic N) is 2. The Morgan fingerprint density at radius 1 is 0.957 bits per heavy atom. The molecule has 0 spiro atoms. The van der Waals surface area contributed by atoms with E-state index < -0.39 is 23.7 Å². The summed E-state index contributed by atoms with van der Waals surface area (Å²) in [5.74, 6) is -4.59. The standard InChI is InChI=1S/C35H34F2N4O5S/c1-3-46-34(45)27-10-6-7-11-28(27)39-30(42)20-38-31(43)29-21-47-32(40-29)23-16-18-41(19-17-23)33(44)26-9-5-4-8-25(26)22-12-14-24(15-13-22)35(2,36)37/h4-15,21,23H,3,16-20H2,1-2H3,(H,38,43)(H,39,42). The first-order valence-corrected chi connectivity index (χ1v) is 16.1. The molecule has 0 atom stereocenters. The summed E-state index contributed by atoms with van der Waals surface area (Å²) in [5.41, 5.74) is 2.48. The maximum Gasteiger partial charge on any atom is 0.340 e. The average molecular weight is 661 g/mol. The van der Waals surface area contributed by atoms with Crippen molar-refractivity contribution in [3.05, 3.63) is 106 Å². The molecular weight excluding hydrogens is 626 g/mol. The molecule has 1 saturated heterocycles. The molecule has 3 amide bonds. The number of nitrogens with one attached hydrogen (secondary N) is 2. The van der Waals surface area contributed by atoms with E-state index in [4.69, 9.17) is 4.74 Å². The lowest BCUT2D eigenvalue weighted by atomic mass is 9.94. The number of anilines is 1. The molecule has 4 aromatic rings. The Morgan fingerprint density at radius 2 is 1.62 bits per heavy atom. The SMILES string of the molecule is CCOC(=O)c1ccccc1NC(=O)CNC(=O)c1csc(C2CCN(C(=O)c3ccccc3-c3ccc(C(C)(F)F)cc3)CC2)n1. The first kappa shape index (κ1) is 33.4. The van der Waals surface area contributed by atoms with E-state index in [9.17, 15) is 28.0 Å². The van der Waals surface area contributed by atoms with Crippen LogP contribution in [0.25, 0.3) is 11.1 Å². The van der Waals surface area contributed by atoms with Gasteiger partial charge in [0.2, 0.25) is 5.91 Å². The Bertz CT molecular complexity index is 1760. The van der Waals surface area contributed by atoms with Crippen LogP contribution in [0.4, 0.5) is 14.5 Å². The number of carbonyl (C=O) groups excluding carboxylic acids is 4. The van der Waals surface area contributed by atoms with Gasteiger partial charge in [-0.2, -0.15) is 0 Å². The lowest BCUT2D eigenvalue weighted by Gasteiger charge is -2.31. The third-order valence-electron chi connectivity index (χ3n) is 7.85. The van der Waals surface area contributed by atoms with E-state index in [2.05, 4.69) is 15.6 Å². The highest BCUT2D eigenvalue weighted by Crippen LogP contribution is 2.33. The van der Waals surface area contributed by atoms with Crippen molar-refractivity contribution in [1.29, 1.82) is 0 Å². The van der Waals surface area contributed by atoms with Crippen molar-refractivity contribution < 1.29 is 32.7 Å². The van der Waals surface area contributed by atoms with Crippen LogP contribution < -0.4 is 10.6 Å². The topological polar surface area (TPSA) is 118 Å². The fourth-order valence-electron chi connectivity index (χ4n) is 5.37. The Labute approximate surface area is 275 Å². The first-order valence-electron chi connectivity index (χ1n) is 15.2. The van der Waals surface area contributed by atoms with E-state index in [-0.39, 0.29) is 47.5 Å². The second-order valence-corrected chi connectivity index (χ2v) is 12.0. The number of hydrogen-bond acceptors (Lipinski definition) is 7. The molecule has 2 N–H and O–H groups in total. The fraction of sp³-hybridized carbons (Fsp3) is 0.286. The van der Waals surface area contributed by atoms with E-state index >= 15 is 0 Å². The number of halogens is 2. The Kier molecular flexibility index (Phi) is 10.4. The summed E-state index contributed by atoms with van der Waals surface area (Å²) >= 11 is 1.36. The molecule has 0 aliphatic carbocycles. The molecule has 0 saturated carbocycles. The third-order valence-corrected chi connectivity index (χ3v) is 8.86. The zero-order valence-corrected chi connectivity index (χ0v) is 26.7. The van der Waals surface area contributed by atoms with Gasteiger partial charge in [0.1, 0.15) is 5.69 Å². The molecule has 1 aliphatic rings. The van der Waals surface area contributed by atoms with Gasteiger partial charge in [0, 0.05) is 42.4 Å². The molecule has 244 valence electrons. The Morgan fingerprint density at radius 3 is 2.30 bits per heavy atom. The van der Waals surface area contributed by atoms with E-state index in [1.54, 1.807) is 65.7 Å². The number of alkyl halides is 2. The van der Waals surface area contributed by atoms with Crippen molar-refractivity contribution >= 4 is 40.7 Å². The van der Waals surface area contributed by atoms with Crippen molar-refractivity contribution in [3.8, 4) is 11.1 Å². The number of rotatable bonds is 10. The van der Waals surface area contributed by atoms with Crippen molar-refractivity contribution in [1.82, 2.24) is 15.2 Å². The van der Waals surface area contributed by atoms with Gasteiger partial charge in [0.15, 0.2) is 0 Å². The number of likely N-dealkylation sites (tertiary alicyclic amines) is 1. The van der Waals surface area contributed by atoms with Crippen LogP contribution in [-0.4, -0.2) is 59.8 Å². The van der Waals surface area contributed by atoms with Gasteiger partial charge in [-0.25, -0.2) is 18.6 Å². The number of benzene rings is 3. The summed E-state index contributed by atoms with van der Waals surface area (Å²) in [4.78, 5) is 57.3. The van der Waals surface area contributed by atoms with Crippen LogP contribution in [-0.2, 0) is 15.5 Å². The number of thiazole rings is 1. The molecule has 0 unspecified atom stereocenters. The molecule has 1 fully saturated rings. The minimum Gasteiger partial charge on any atom is -0.462 e. The predicted octanol–water partition coefficient (Wildman–Crippen LogP) is 6.49. The lowest BCUT2D eigenvalue weighted by molar-refractivity contribution is -0.115. The number of hydrogen-bond donors (Lipinski definition) is 2. The summed E-state index contributed by atoms with van der Waals surface area (Å²) < 4.78 is 32.4. The molecule has 3 aromatic carbocycles. The number of piperidine rings is 1. The van der Waals surface area contributed by atoms with Gasteiger partial charge in [-0.1, -0.05) is 54.6 Å². The van der Waals surface area contributed by atoms with Crippen molar-refractivity contribution in [2.24, 2.45) is 0 Å². The smallest absolute Gasteiger partial charge is 0.340 e. The van der Waals surface area contributed by atoms with Crippen LogP contribution in [0.5, 0.6) is 0 Å². The molecule has 2 heterocycles. The van der Waals surface area contributed by atoms with Crippen LogP contribution in [0.2, 0.25) is 0 Å². The van der Waals surface area contributed by atoms with Crippen molar-refractivity contribution in [2.75, 3.05) is 31.6 Å². The molecule has 1 aliphatic heterocycles. The third kappa shape index (κ3) is 8.07. The Hall–Kier alpha value is -4.97. The van der Waals surface area contributed by atoms with Crippen molar-refractivity contribution in [3.63, 3.8) is 0 Å². The summed E-state index contributed by atoms with van der Waals surface area (Å²) in [7, 11) is 0. The van der Waals surface area contributed by atoms with Crippen LogP contribution in [0.1, 0.15) is 74.4 Å². The van der Waals surface area contributed by atoms with Crippen LogP contribution in [0.3, 0.4) is 0 Å². The van der Waals surface area contributed by atoms with E-state index in [0.29, 0.717) is 42.6 Å². The summed E-state index contributed by atoms with van der Waals surface area (Å²) in [6, 6.07) is 19.6. The number of amides is 3. The Balaban J connectivity index is 1.15. The maximum atomic E-state index is 13.7. The van der Waals surface area contributed by atoms with Gasteiger partial charge in [0.05, 0.1) is 29.4 Å². The van der Waals surface area contributed by atoms with Gasteiger partial charge in [-0.05, 0) is 49.1 Å². The number of carbonyl (C=O) groups is 4. The molecule has 47 heavy (non-hydrogen) atoms. The molecule has 1 aromatic heterocycles. The van der Waals surface area contributed by atoms with E-state index in [1.165, 1.54) is 23.5 Å². The average Bonchev–Trinajstić information content (AvgIpc) is 3.58. The van der Waals surface area contributed by atoms with Crippen LogP contribution in [0.15, 0.2) is 78.2 Å². The quantitative estimate of drug-likeness (QED) is 0.188. The van der Waals surface area contributed by atoms with Gasteiger partial charge in [-0.3, -0.25) is 14.4 Å². The number of para-hydroxylation sites is 1. The number of aromatic nitrogens is 1. The summed E-state index contributed by atoms with van der Waals surface area (Å²) in [6.45, 7) is 3.40. The zero-order valence-electron chi connectivity index (χ0n) is 25.9. The summed E-state index contributed by atoms with van der Waals surface area (Å²) in [5, 5.41) is 7.62. The van der Waals surface area contributed by atoms with Crippen LogP contribution >= 0.6 is 11.3 Å². The minimum absolute atomic E-state index is 0.0618. The van der Waals surface area contributed by atoms with E-state index in [0.717, 1.165) is 11.9 Å². The lowest BCUT2D eigenvalue weighted by Crippen LogP contribution is -2.38. The van der Waals surface area contributed by atoms with Gasteiger partial charge in [0.25, 0.3) is 17.7 Å². The first-order chi connectivity index (χ1) is 22.5. The number of ether oxygens (including phenoxy) is 1. The highest BCUT2D eigenvalue weighted by Gasteiger charge is 2.29. The fourth-order valence-corrected chi connectivity index (χ4v) is 6.34. The van der Waals surface area contributed by atoms with Gasteiger partial charge in [-0.15, -0.1) is 11.3 Å². The monoisotopic (exact) mass is 660 g/mol. The van der Waals surface area contributed by atoms with Gasteiger partial charge < -0.3 is 20.3 Å². The minimum atomic E-state index is -2.95. The molecule has 12 heteroatoms. The highest BCUT2D eigenvalue weighted by molar-refractivity contribution is 7.09. The second-order valence-electron chi connectivity index (χ2n) is 11.1. The maximum absolute atomic E-state index is 13.7. The molecular formula is C35H34F2N4O5S. The largest absolute Gasteiger partial charge is 0.462 e. The molecule has 0 radical (unpaired) electrons. The second kappa shape index (κ2) is 14.6.